The van der Waals surface area contributed by atoms with Gasteiger partial charge >= 0.3 is 6.18 Å². The van der Waals surface area contributed by atoms with Crippen LogP contribution in [0.15, 0.2) is 23.4 Å². The number of fused-ring (bicyclic) bond motifs is 1. The van der Waals surface area contributed by atoms with E-state index >= 15 is 0 Å². The molecule has 3 nitrogen and oxygen atoms in total. The molecule has 2 atom stereocenters. The van der Waals surface area contributed by atoms with Crippen LogP contribution in [0.4, 0.5) is 13.2 Å². The molecule has 0 aliphatic rings. The lowest BCUT2D eigenvalue weighted by Crippen LogP contribution is -2.42. The summed E-state index contributed by atoms with van der Waals surface area (Å²) in [6.45, 7) is 3.56. The zero-order valence-corrected chi connectivity index (χ0v) is 12.0. The second kappa shape index (κ2) is 5.65. The van der Waals surface area contributed by atoms with Gasteiger partial charge in [-0.05, 0) is 31.0 Å². The molecular formula is C13H16F3N3S. The van der Waals surface area contributed by atoms with Crippen molar-refractivity contribution in [1.82, 2.24) is 9.97 Å². The zero-order valence-electron chi connectivity index (χ0n) is 11.2. The maximum atomic E-state index is 13.0. The largest absolute Gasteiger partial charge is 0.402 e. The number of aromatic amines is 1. The Bertz CT molecular complexity index is 594. The van der Waals surface area contributed by atoms with Gasteiger partial charge in [0, 0.05) is 6.04 Å². The predicted molar refractivity (Wildman–Crippen MR) is 74.8 cm³/mol. The van der Waals surface area contributed by atoms with Crippen molar-refractivity contribution in [2.75, 3.05) is 0 Å². The van der Waals surface area contributed by atoms with Crippen LogP contribution in [-0.2, 0) is 0 Å². The minimum atomic E-state index is -4.35. The van der Waals surface area contributed by atoms with E-state index in [9.17, 15) is 13.2 Å². The van der Waals surface area contributed by atoms with Crippen LogP contribution in [-0.4, -0.2) is 27.4 Å². The fourth-order valence-electron chi connectivity index (χ4n) is 1.89. The molecule has 110 valence electrons. The summed E-state index contributed by atoms with van der Waals surface area (Å²) in [5.74, 6) is 0. The first-order chi connectivity index (χ1) is 9.31. The number of halogens is 3. The molecule has 20 heavy (non-hydrogen) atoms. The van der Waals surface area contributed by atoms with E-state index < -0.39 is 17.5 Å². The molecule has 0 saturated carbocycles. The molecule has 0 bridgehead atoms. The Morgan fingerprint density at radius 1 is 1.40 bits per heavy atom. The van der Waals surface area contributed by atoms with E-state index in [1.165, 1.54) is 0 Å². The van der Waals surface area contributed by atoms with Crippen molar-refractivity contribution in [1.29, 1.82) is 0 Å². The third kappa shape index (κ3) is 3.27. The van der Waals surface area contributed by atoms with Crippen molar-refractivity contribution in [2.45, 2.75) is 42.9 Å². The van der Waals surface area contributed by atoms with Crippen molar-refractivity contribution in [3.63, 3.8) is 0 Å². The average Bonchev–Trinajstić information content (AvgIpc) is 2.75. The van der Waals surface area contributed by atoms with Crippen LogP contribution >= 0.6 is 11.8 Å². The highest BCUT2D eigenvalue weighted by Crippen LogP contribution is 2.37. The summed E-state index contributed by atoms with van der Waals surface area (Å²) in [5, 5.41) is -1.41. The lowest BCUT2D eigenvalue weighted by atomic mass is 10.1. The second-order valence-electron chi connectivity index (χ2n) is 4.71. The van der Waals surface area contributed by atoms with Crippen molar-refractivity contribution in [3.05, 3.63) is 23.8 Å². The number of imidazole rings is 1. The molecule has 2 aromatic rings. The highest BCUT2D eigenvalue weighted by molar-refractivity contribution is 7.99. The number of rotatable bonds is 4. The van der Waals surface area contributed by atoms with Gasteiger partial charge in [-0.3, -0.25) is 0 Å². The summed E-state index contributed by atoms with van der Waals surface area (Å²) in [5.41, 5.74) is 8.00. The Hall–Kier alpha value is -1.21. The van der Waals surface area contributed by atoms with Gasteiger partial charge in [-0.25, -0.2) is 4.98 Å². The summed E-state index contributed by atoms with van der Waals surface area (Å²) in [6, 6.07) is 4.56. The summed E-state index contributed by atoms with van der Waals surface area (Å²) in [7, 11) is 0. The van der Waals surface area contributed by atoms with Crippen molar-refractivity contribution >= 4 is 22.8 Å². The number of benzene rings is 1. The fraction of sp³-hybridized carbons (Fsp3) is 0.462. The van der Waals surface area contributed by atoms with Crippen LogP contribution in [0.1, 0.15) is 18.9 Å². The Balaban J connectivity index is 2.28. The molecule has 0 aliphatic heterocycles. The number of aryl methyl sites for hydroxylation is 1. The minimum absolute atomic E-state index is 0.247. The summed E-state index contributed by atoms with van der Waals surface area (Å²) < 4.78 is 39.1. The van der Waals surface area contributed by atoms with E-state index in [2.05, 4.69) is 9.97 Å². The van der Waals surface area contributed by atoms with Crippen LogP contribution in [0.25, 0.3) is 11.0 Å². The SMILES string of the molecule is CCC(N)C(Sc1nc2ccc(C)cc2[nH]1)C(F)(F)F. The number of hydrogen-bond donors (Lipinski definition) is 2. The topological polar surface area (TPSA) is 54.7 Å². The Morgan fingerprint density at radius 3 is 2.70 bits per heavy atom. The molecule has 0 fully saturated rings. The van der Waals surface area contributed by atoms with Crippen molar-refractivity contribution in [2.24, 2.45) is 5.73 Å². The van der Waals surface area contributed by atoms with Crippen LogP contribution in [0.2, 0.25) is 0 Å². The second-order valence-corrected chi connectivity index (χ2v) is 5.84. The molecule has 1 aromatic carbocycles. The van der Waals surface area contributed by atoms with Crippen LogP contribution in [0.3, 0.4) is 0 Å². The van der Waals surface area contributed by atoms with E-state index in [-0.39, 0.29) is 11.6 Å². The maximum absolute atomic E-state index is 13.0. The van der Waals surface area contributed by atoms with E-state index in [1.54, 1.807) is 13.0 Å². The monoisotopic (exact) mass is 303 g/mol. The van der Waals surface area contributed by atoms with Gasteiger partial charge in [-0.1, -0.05) is 24.8 Å². The van der Waals surface area contributed by atoms with Gasteiger partial charge in [0.1, 0.15) is 5.25 Å². The van der Waals surface area contributed by atoms with Crippen LogP contribution in [0.5, 0.6) is 0 Å². The van der Waals surface area contributed by atoms with Gasteiger partial charge in [-0.15, -0.1) is 0 Å². The first-order valence-electron chi connectivity index (χ1n) is 6.26. The van der Waals surface area contributed by atoms with Crippen molar-refractivity contribution < 1.29 is 13.2 Å². The molecule has 0 radical (unpaired) electrons. The standard InChI is InChI=1S/C13H16F3N3S/c1-3-8(17)11(13(14,15)16)20-12-18-9-5-4-7(2)6-10(9)19-12/h4-6,8,11H,3,17H2,1-2H3,(H,18,19). The Morgan fingerprint density at radius 2 is 2.10 bits per heavy atom. The van der Waals surface area contributed by atoms with Crippen molar-refractivity contribution in [3.8, 4) is 0 Å². The number of alkyl halides is 3. The Kier molecular flexibility index (Phi) is 4.29. The fourth-order valence-corrected chi connectivity index (χ4v) is 2.95. The maximum Gasteiger partial charge on any atom is 0.402 e. The smallest absolute Gasteiger partial charge is 0.333 e. The third-order valence-electron chi connectivity index (χ3n) is 3.04. The highest BCUT2D eigenvalue weighted by Gasteiger charge is 2.44. The molecule has 0 amide bonds. The normalized spacial score (nSPS) is 15.5. The first-order valence-corrected chi connectivity index (χ1v) is 7.14. The third-order valence-corrected chi connectivity index (χ3v) is 4.32. The molecule has 2 rings (SSSR count). The molecule has 1 heterocycles. The molecular weight excluding hydrogens is 287 g/mol. The molecule has 7 heteroatoms. The Labute approximate surface area is 119 Å². The van der Waals surface area contributed by atoms with Gasteiger partial charge < -0.3 is 10.7 Å². The lowest BCUT2D eigenvalue weighted by Gasteiger charge is -2.23. The summed E-state index contributed by atoms with van der Waals surface area (Å²) >= 11 is 0.643. The van der Waals surface area contributed by atoms with Gasteiger partial charge in [0.2, 0.25) is 0 Å². The average molecular weight is 303 g/mol. The van der Waals surface area contributed by atoms with Crippen LogP contribution < -0.4 is 5.73 Å². The van der Waals surface area contributed by atoms with Gasteiger partial charge in [0.15, 0.2) is 5.16 Å². The van der Waals surface area contributed by atoms with Gasteiger partial charge in [-0.2, -0.15) is 13.2 Å². The number of nitrogens with two attached hydrogens (primary N) is 1. The summed E-state index contributed by atoms with van der Waals surface area (Å²) in [6.07, 6.45) is -4.09. The number of aromatic nitrogens is 2. The van der Waals surface area contributed by atoms with E-state index in [0.29, 0.717) is 17.3 Å². The van der Waals surface area contributed by atoms with E-state index in [4.69, 9.17) is 5.73 Å². The number of hydrogen-bond acceptors (Lipinski definition) is 3. The number of thioether (sulfide) groups is 1. The molecule has 1 aromatic heterocycles. The lowest BCUT2D eigenvalue weighted by molar-refractivity contribution is -0.132. The van der Waals surface area contributed by atoms with Gasteiger partial charge in [0.25, 0.3) is 0 Å². The zero-order chi connectivity index (χ0) is 14.9. The van der Waals surface area contributed by atoms with E-state index in [0.717, 1.165) is 11.1 Å². The molecule has 2 unspecified atom stereocenters. The number of H-pyrrole nitrogens is 1. The number of nitrogens with zero attached hydrogens (tertiary/aromatic N) is 1. The van der Waals surface area contributed by atoms with Crippen LogP contribution in [0, 0.1) is 6.92 Å². The first kappa shape index (κ1) is 15.2. The molecule has 3 N–H and O–H groups in total. The predicted octanol–water partition coefficient (Wildman–Crippen LogP) is 3.63. The molecule has 0 spiro atoms. The molecule has 0 saturated heterocycles. The van der Waals surface area contributed by atoms with E-state index in [1.807, 2.05) is 19.1 Å². The summed E-state index contributed by atoms with van der Waals surface area (Å²) in [4.78, 5) is 7.09. The highest BCUT2D eigenvalue weighted by atomic mass is 32.2. The minimum Gasteiger partial charge on any atom is -0.333 e. The van der Waals surface area contributed by atoms with Gasteiger partial charge in [0.05, 0.1) is 11.0 Å². The quantitative estimate of drug-likeness (QED) is 0.848. The number of nitrogens with one attached hydrogen (secondary N) is 1. The molecule has 0 aliphatic carbocycles.